The van der Waals surface area contributed by atoms with Crippen molar-refractivity contribution in [2.24, 2.45) is 0 Å². The van der Waals surface area contributed by atoms with Crippen LogP contribution in [0.4, 0.5) is 19.0 Å². The minimum atomic E-state index is -4.43. The van der Waals surface area contributed by atoms with Crippen LogP contribution in [-0.4, -0.2) is 9.97 Å². The molecule has 2 aromatic carbocycles. The van der Waals surface area contributed by atoms with Gasteiger partial charge in [-0.3, -0.25) is 0 Å². The molecule has 0 aliphatic rings. The van der Waals surface area contributed by atoms with E-state index in [1.807, 2.05) is 31.2 Å². The van der Waals surface area contributed by atoms with Crippen LogP contribution in [-0.2, 0) is 12.7 Å². The summed E-state index contributed by atoms with van der Waals surface area (Å²) in [5.74, 6) is 0.577. The molecule has 1 N–H and O–H groups in total. The van der Waals surface area contributed by atoms with Crippen molar-refractivity contribution >= 4 is 17.4 Å². The molecule has 0 spiro atoms. The molecule has 3 rings (SSSR count). The quantitative estimate of drug-likeness (QED) is 0.589. The van der Waals surface area contributed by atoms with E-state index >= 15 is 0 Å². The smallest absolute Gasteiger partial charge is 0.366 e. The average Bonchev–Trinajstić information content (AvgIpc) is 2.60. The first-order chi connectivity index (χ1) is 12.3. The maximum absolute atomic E-state index is 12.9. The van der Waals surface area contributed by atoms with E-state index in [-0.39, 0.29) is 16.5 Å². The summed E-state index contributed by atoms with van der Waals surface area (Å²) in [6.45, 7) is 2.51. The summed E-state index contributed by atoms with van der Waals surface area (Å²) >= 11 is 6.02. The Morgan fingerprint density at radius 2 is 1.73 bits per heavy atom. The third kappa shape index (κ3) is 4.52. The lowest BCUT2D eigenvalue weighted by Gasteiger charge is -2.10. The van der Waals surface area contributed by atoms with Crippen LogP contribution in [0, 0.1) is 6.92 Å². The molecule has 3 aromatic rings. The summed E-state index contributed by atoms with van der Waals surface area (Å²) in [4.78, 5) is 8.33. The number of halogens is 4. The van der Waals surface area contributed by atoms with Crippen LogP contribution in [0.2, 0.25) is 5.15 Å². The summed E-state index contributed by atoms with van der Waals surface area (Å²) in [7, 11) is 0. The Bertz CT molecular complexity index is 909. The lowest BCUT2D eigenvalue weighted by Crippen LogP contribution is -2.06. The number of benzene rings is 2. The van der Waals surface area contributed by atoms with Gasteiger partial charge in [0.05, 0.1) is 5.56 Å². The second-order valence-electron chi connectivity index (χ2n) is 5.82. The van der Waals surface area contributed by atoms with Gasteiger partial charge >= 0.3 is 6.18 Å². The first-order valence-corrected chi connectivity index (χ1v) is 8.21. The first-order valence-electron chi connectivity index (χ1n) is 7.83. The molecule has 26 heavy (non-hydrogen) atoms. The third-order valence-electron chi connectivity index (χ3n) is 3.74. The largest absolute Gasteiger partial charge is 0.416 e. The Hall–Kier alpha value is -2.60. The van der Waals surface area contributed by atoms with Crippen molar-refractivity contribution in [2.75, 3.05) is 5.32 Å². The lowest BCUT2D eigenvalue weighted by molar-refractivity contribution is -0.137. The van der Waals surface area contributed by atoms with Crippen LogP contribution in [0.1, 0.15) is 16.7 Å². The number of nitrogens with zero attached hydrogens (tertiary/aromatic N) is 2. The van der Waals surface area contributed by atoms with E-state index in [4.69, 9.17) is 11.6 Å². The lowest BCUT2D eigenvalue weighted by atomic mass is 10.1. The zero-order valence-corrected chi connectivity index (χ0v) is 14.6. The minimum Gasteiger partial charge on any atom is -0.366 e. The van der Waals surface area contributed by atoms with E-state index in [2.05, 4.69) is 15.3 Å². The molecule has 0 saturated heterocycles. The number of aromatic nitrogens is 2. The van der Waals surface area contributed by atoms with E-state index in [9.17, 15) is 13.2 Å². The Morgan fingerprint density at radius 1 is 1.00 bits per heavy atom. The molecular formula is C19H15ClF3N3. The van der Waals surface area contributed by atoms with Gasteiger partial charge in [-0.15, -0.1) is 0 Å². The van der Waals surface area contributed by atoms with Gasteiger partial charge < -0.3 is 5.32 Å². The normalized spacial score (nSPS) is 11.4. The number of rotatable bonds is 4. The SMILES string of the molecule is Cc1ccc(CNc2cc(Cl)nc(-c3cccc(C(F)(F)F)c3)n2)cc1. The van der Waals surface area contributed by atoms with Crippen LogP contribution in [0.3, 0.4) is 0 Å². The molecule has 0 radical (unpaired) electrons. The molecule has 3 nitrogen and oxygen atoms in total. The van der Waals surface area contributed by atoms with Crippen LogP contribution in [0.5, 0.6) is 0 Å². The predicted octanol–water partition coefficient (Wildman–Crippen LogP) is 5.74. The Kier molecular flexibility index (Phi) is 5.13. The summed E-state index contributed by atoms with van der Waals surface area (Å²) in [6, 6.07) is 14.4. The third-order valence-corrected chi connectivity index (χ3v) is 3.93. The fourth-order valence-electron chi connectivity index (χ4n) is 2.37. The minimum absolute atomic E-state index is 0.134. The van der Waals surface area contributed by atoms with Gasteiger partial charge in [0.2, 0.25) is 0 Å². The number of nitrogens with one attached hydrogen (secondary N) is 1. The summed E-state index contributed by atoms with van der Waals surface area (Å²) in [6.07, 6.45) is -4.43. The molecule has 0 atom stereocenters. The van der Waals surface area contributed by atoms with E-state index in [1.54, 1.807) is 0 Å². The number of alkyl halides is 3. The van der Waals surface area contributed by atoms with Gasteiger partial charge in [-0.1, -0.05) is 53.6 Å². The molecule has 1 aromatic heterocycles. The molecule has 7 heteroatoms. The zero-order chi connectivity index (χ0) is 18.7. The topological polar surface area (TPSA) is 37.8 Å². The van der Waals surface area contributed by atoms with Crippen LogP contribution in [0.25, 0.3) is 11.4 Å². The highest BCUT2D eigenvalue weighted by atomic mass is 35.5. The monoisotopic (exact) mass is 377 g/mol. The number of anilines is 1. The molecule has 0 fully saturated rings. The molecular weight excluding hydrogens is 363 g/mol. The van der Waals surface area contributed by atoms with Gasteiger partial charge in [0.15, 0.2) is 5.82 Å². The van der Waals surface area contributed by atoms with E-state index in [0.717, 1.165) is 23.3 Å². The Balaban J connectivity index is 1.85. The van der Waals surface area contributed by atoms with Gasteiger partial charge in [0.1, 0.15) is 11.0 Å². The molecule has 0 aliphatic carbocycles. The molecule has 0 saturated carbocycles. The van der Waals surface area contributed by atoms with Crippen molar-refractivity contribution in [3.05, 3.63) is 76.4 Å². The zero-order valence-electron chi connectivity index (χ0n) is 13.8. The van der Waals surface area contributed by atoms with Crippen LogP contribution in [0.15, 0.2) is 54.6 Å². The average molecular weight is 378 g/mol. The van der Waals surface area contributed by atoms with Gasteiger partial charge in [-0.05, 0) is 24.6 Å². The summed E-state index contributed by atoms with van der Waals surface area (Å²) < 4.78 is 38.7. The highest BCUT2D eigenvalue weighted by molar-refractivity contribution is 6.29. The maximum Gasteiger partial charge on any atom is 0.416 e. The Labute approximate surface area is 153 Å². The molecule has 0 aliphatic heterocycles. The van der Waals surface area contributed by atoms with Crippen LogP contribution < -0.4 is 5.32 Å². The number of aryl methyl sites for hydroxylation is 1. The second-order valence-corrected chi connectivity index (χ2v) is 6.20. The fourth-order valence-corrected chi connectivity index (χ4v) is 2.55. The molecule has 1 heterocycles. The van der Waals surface area contributed by atoms with Gasteiger partial charge in [0.25, 0.3) is 0 Å². The van der Waals surface area contributed by atoms with Crippen LogP contribution >= 0.6 is 11.6 Å². The van der Waals surface area contributed by atoms with Crippen molar-refractivity contribution in [1.29, 1.82) is 0 Å². The van der Waals surface area contributed by atoms with Gasteiger partial charge in [-0.2, -0.15) is 13.2 Å². The van der Waals surface area contributed by atoms with Crippen molar-refractivity contribution in [1.82, 2.24) is 9.97 Å². The van der Waals surface area contributed by atoms with E-state index in [1.165, 1.54) is 18.2 Å². The molecule has 0 amide bonds. The second kappa shape index (κ2) is 7.33. The first kappa shape index (κ1) is 18.2. The molecule has 0 unspecified atom stereocenters. The Morgan fingerprint density at radius 3 is 2.42 bits per heavy atom. The van der Waals surface area contributed by atoms with Crippen molar-refractivity contribution in [3.8, 4) is 11.4 Å². The molecule has 0 bridgehead atoms. The highest BCUT2D eigenvalue weighted by Crippen LogP contribution is 2.31. The number of hydrogen-bond donors (Lipinski definition) is 1. The predicted molar refractivity (Wildman–Crippen MR) is 96.0 cm³/mol. The van der Waals surface area contributed by atoms with Crippen molar-refractivity contribution in [2.45, 2.75) is 19.6 Å². The maximum atomic E-state index is 12.9. The summed E-state index contributed by atoms with van der Waals surface area (Å²) in [5.41, 5.74) is 1.70. The van der Waals surface area contributed by atoms with E-state index in [0.29, 0.717) is 12.4 Å². The number of hydrogen-bond acceptors (Lipinski definition) is 3. The fraction of sp³-hybridized carbons (Fsp3) is 0.158. The highest BCUT2D eigenvalue weighted by Gasteiger charge is 2.30. The van der Waals surface area contributed by atoms with Crippen molar-refractivity contribution in [3.63, 3.8) is 0 Å². The summed E-state index contributed by atoms with van der Waals surface area (Å²) in [5, 5.41) is 3.27. The molecule has 134 valence electrons. The van der Waals surface area contributed by atoms with Crippen molar-refractivity contribution < 1.29 is 13.2 Å². The van der Waals surface area contributed by atoms with Gasteiger partial charge in [-0.25, -0.2) is 9.97 Å². The van der Waals surface area contributed by atoms with E-state index < -0.39 is 11.7 Å². The standard InChI is InChI=1S/C19H15ClF3N3/c1-12-5-7-13(8-6-12)11-24-17-10-16(20)25-18(26-17)14-3-2-4-15(9-14)19(21,22)23/h2-10H,11H2,1H3,(H,24,25,26). The van der Waals surface area contributed by atoms with Gasteiger partial charge in [0, 0.05) is 18.2 Å².